The van der Waals surface area contributed by atoms with Crippen LogP contribution in [0.25, 0.3) is 0 Å². The smallest absolute Gasteiger partial charge is 0.227 e. The van der Waals surface area contributed by atoms with E-state index in [9.17, 15) is 9.59 Å². The first-order valence-corrected chi connectivity index (χ1v) is 11.3. The molecular weight excluding hydrogens is 400 g/mol. The number of nitrogens with one attached hydrogen (secondary N) is 2. The topological polar surface area (TPSA) is 83.6 Å². The van der Waals surface area contributed by atoms with Gasteiger partial charge in [-0.15, -0.1) is 11.3 Å². The highest BCUT2D eigenvalue weighted by Gasteiger charge is 2.26. The summed E-state index contributed by atoms with van der Waals surface area (Å²) >= 11 is 1.44. The maximum absolute atomic E-state index is 12.4. The van der Waals surface area contributed by atoms with Crippen LogP contribution in [0.4, 0.5) is 10.8 Å². The molecule has 2 aliphatic rings. The Morgan fingerprint density at radius 3 is 2.87 bits per heavy atom. The first-order chi connectivity index (χ1) is 14.5. The van der Waals surface area contributed by atoms with Crippen LogP contribution >= 0.6 is 11.3 Å². The quantitative estimate of drug-likeness (QED) is 0.738. The number of carbonyl (C=O) groups is 2. The highest BCUT2D eigenvalue weighted by Crippen LogP contribution is 2.28. The number of carbonyl (C=O) groups excluding carboxylic acids is 2. The second kappa shape index (κ2) is 9.24. The zero-order valence-electron chi connectivity index (χ0n) is 17.4. The number of nitrogens with zero attached hydrogens (tertiary/aromatic N) is 2. The van der Waals surface area contributed by atoms with Gasteiger partial charge in [0.15, 0.2) is 5.13 Å². The van der Waals surface area contributed by atoms with Crippen molar-refractivity contribution in [2.75, 3.05) is 23.7 Å². The number of fused-ring (bicyclic) bond motifs is 1. The van der Waals surface area contributed by atoms with Gasteiger partial charge in [-0.3, -0.25) is 14.5 Å². The SMILES string of the molecule is CC1CN(Cc2csc(NC(=O)CCC3Cc4ccccc4NC3=O)n2)CC(C)O1. The van der Waals surface area contributed by atoms with E-state index in [1.165, 1.54) is 11.3 Å². The van der Waals surface area contributed by atoms with Crippen molar-refractivity contribution in [3.63, 3.8) is 0 Å². The summed E-state index contributed by atoms with van der Waals surface area (Å²) in [5.41, 5.74) is 2.96. The Kier molecular flexibility index (Phi) is 6.46. The first-order valence-electron chi connectivity index (χ1n) is 10.5. The minimum Gasteiger partial charge on any atom is -0.373 e. The Morgan fingerprint density at radius 2 is 2.07 bits per heavy atom. The number of ether oxygens (including phenoxy) is 1. The highest BCUT2D eigenvalue weighted by molar-refractivity contribution is 7.13. The molecule has 3 atom stereocenters. The van der Waals surface area contributed by atoms with Gasteiger partial charge < -0.3 is 15.4 Å². The number of hydrogen-bond acceptors (Lipinski definition) is 6. The molecule has 4 rings (SSSR count). The van der Waals surface area contributed by atoms with Gasteiger partial charge in [0.2, 0.25) is 11.8 Å². The summed E-state index contributed by atoms with van der Waals surface area (Å²) in [5, 5.41) is 8.43. The average molecular weight is 429 g/mol. The van der Waals surface area contributed by atoms with Crippen molar-refractivity contribution in [3.8, 4) is 0 Å². The van der Waals surface area contributed by atoms with E-state index in [4.69, 9.17) is 4.74 Å². The van der Waals surface area contributed by atoms with Gasteiger partial charge in [0.25, 0.3) is 0 Å². The molecule has 0 aliphatic carbocycles. The molecule has 160 valence electrons. The van der Waals surface area contributed by atoms with Gasteiger partial charge in [0.1, 0.15) is 0 Å². The number of morpholine rings is 1. The fraction of sp³-hybridized carbons (Fsp3) is 0.500. The molecular formula is C22H28N4O3S. The molecule has 2 aliphatic heterocycles. The normalized spacial score (nSPS) is 24.2. The maximum Gasteiger partial charge on any atom is 0.227 e. The molecule has 0 spiro atoms. The van der Waals surface area contributed by atoms with E-state index in [2.05, 4.69) is 34.4 Å². The fourth-order valence-electron chi connectivity index (χ4n) is 4.21. The number of thiazole rings is 1. The maximum atomic E-state index is 12.4. The largest absolute Gasteiger partial charge is 0.373 e. The third-order valence-electron chi connectivity index (χ3n) is 5.51. The number of aromatic nitrogens is 1. The Bertz CT molecular complexity index is 905. The third kappa shape index (κ3) is 5.24. The van der Waals surface area contributed by atoms with Gasteiger partial charge in [0.05, 0.1) is 17.9 Å². The standard InChI is InChI=1S/C22H28N4O3S/c1-14-10-26(11-15(2)29-14)12-18-13-30-22(23-18)25-20(27)8-7-17-9-16-5-3-4-6-19(16)24-21(17)28/h3-6,13-15,17H,7-12H2,1-2H3,(H,24,28)(H,23,25,27). The van der Waals surface area contributed by atoms with Crippen molar-refractivity contribution in [2.45, 2.75) is 51.9 Å². The summed E-state index contributed by atoms with van der Waals surface area (Å²) in [4.78, 5) is 31.6. The predicted molar refractivity (Wildman–Crippen MR) is 118 cm³/mol. The molecule has 2 amide bonds. The molecule has 30 heavy (non-hydrogen) atoms. The average Bonchev–Trinajstić information content (AvgIpc) is 3.12. The van der Waals surface area contributed by atoms with Crippen LogP contribution in [0.3, 0.4) is 0 Å². The van der Waals surface area contributed by atoms with Crippen LogP contribution in [0, 0.1) is 5.92 Å². The molecule has 0 saturated carbocycles. The number of amides is 2. The summed E-state index contributed by atoms with van der Waals surface area (Å²) in [5.74, 6) is -0.286. The molecule has 2 aromatic rings. The van der Waals surface area contributed by atoms with Crippen LogP contribution in [-0.2, 0) is 27.3 Å². The van der Waals surface area contributed by atoms with Crippen LogP contribution < -0.4 is 10.6 Å². The number of anilines is 2. The number of hydrogen-bond donors (Lipinski definition) is 2. The van der Waals surface area contributed by atoms with Gasteiger partial charge in [-0.1, -0.05) is 18.2 Å². The van der Waals surface area contributed by atoms with Crippen LogP contribution in [0.5, 0.6) is 0 Å². The lowest BCUT2D eigenvalue weighted by Crippen LogP contribution is -2.44. The summed E-state index contributed by atoms with van der Waals surface area (Å²) in [7, 11) is 0. The molecule has 1 fully saturated rings. The van der Waals surface area contributed by atoms with Crippen molar-refractivity contribution in [2.24, 2.45) is 5.92 Å². The summed E-state index contributed by atoms with van der Waals surface area (Å²) < 4.78 is 5.77. The lowest BCUT2D eigenvalue weighted by molar-refractivity contribution is -0.121. The van der Waals surface area contributed by atoms with Gasteiger partial charge in [-0.25, -0.2) is 4.98 Å². The van der Waals surface area contributed by atoms with E-state index in [1.807, 2.05) is 29.6 Å². The molecule has 3 heterocycles. The minimum atomic E-state index is -0.178. The zero-order chi connectivity index (χ0) is 21.1. The second-order valence-electron chi connectivity index (χ2n) is 8.23. The molecule has 8 heteroatoms. The Hall–Kier alpha value is -2.29. The van der Waals surface area contributed by atoms with E-state index in [-0.39, 0.29) is 29.9 Å². The van der Waals surface area contributed by atoms with Gasteiger partial charge >= 0.3 is 0 Å². The van der Waals surface area contributed by atoms with Crippen molar-refractivity contribution in [3.05, 3.63) is 40.9 Å². The van der Waals surface area contributed by atoms with Crippen LogP contribution in [-0.4, -0.2) is 47.0 Å². The Balaban J connectivity index is 1.25. The number of para-hydroxylation sites is 1. The van der Waals surface area contributed by atoms with Crippen LogP contribution in [0.15, 0.2) is 29.6 Å². The molecule has 3 unspecified atom stereocenters. The summed E-state index contributed by atoms with van der Waals surface area (Å²) in [6.07, 6.45) is 1.93. The summed E-state index contributed by atoms with van der Waals surface area (Å²) in [6, 6.07) is 7.82. The third-order valence-corrected chi connectivity index (χ3v) is 6.32. The lowest BCUT2D eigenvalue weighted by atomic mass is 9.89. The fourth-order valence-corrected chi connectivity index (χ4v) is 4.93. The van der Waals surface area contributed by atoms with Crippen molar-refractivity contribution < 1.29 is 14.3 Å². The van der Waals surface area contributed by atoms with E-state index in [1.54, 1.807) is 0 Å². The highest BCUT2D eigenvalue weighted by atomic mass is 32.1. The molecule has 0 radical (unpaired) electrons. The molecule has 2 N–H and O–H groups in total. The van der Waals surface area contributed by atoms with E-state index < -0.39 is 0 Å². The van der Waals surface area contributed by atoms with Crippen molar-refractivity contribution in [1.29, 1.82) is 0 Å². The summed E-state index contributed by atoms with van der Waals surface area (Å²) in [6.45, 7) is 6.69. The Labute approximate surface area is 180 Å². The number of benzene rings is 1. The monoisotopic (exact) mass is 428 g/mol. The number of rotatable bonds is 6. The van der Waals surface area contributed by atoms with Gasteiger partial charge in [-0.05, 0) is 38.3 Å². The second-order valence-corrected chi connectivity index (χ2v) is 9.09. The van der Waals surface area contributed by atoms with Crippen molar-refractivity contribution >= 4 is 34.0 Å². The van der Waals surface area contributed by atoms with Gasteiger partial charge in [0, 0.05) is 43.0 Å². The van der Waals surface area contributed by atoms with Crippen LogP contribution in [0.2, 0.25) is 0 Å². The molecule has 0 bridgehead atoms. The first kappa shape index (κ1) is 21.0. The zero-order valence-corrected chi connectivity index (χ0v) is 18.2. The molecule has 1 aromatic heterocycles. The van der Waals surface area contributed by atoms with Gasteiger partial charge in [-0.2, -0.15) is 0 Å². The minimum absolute atomic E-state index is 0.00740. The van der Waals surface area contributed by atoms with Crippen LogP contribution in [0.1, 0.15) is 37.9 Å². The molecule has 7 nitrogen and oxygen atoms in total. The Morgan fingerprint density at radius 1 is 1.30 bits per heavy atom. The van der Waals surface area contributed by atoms with E-state index in [0.29, 0.717) is 24.4 Å². The van der Waals surface area contributed by atoms with E-state index >= 15 is 0 Å². The van der Waals surface area contributed by atoms with E-state index in [0.717, 1.165) is 36.6 Å². The predicted octanol–water partition coefficient (Wildman–Crippen LogP) is 3.28. The molecule has 1 aromatic carbocycles. The van der Waals surface area contributed by atoms with Crippen molar-refractivity contribution in [1.82, 2.24) is 9.88 Å². The molecule has 1 saturated heterocycles. The lowest BCUT2D eigenvalue weighted by Gasteiger charge is -2.34.